The van der Waals surface area contributed by atoms with Crippen LogP contribution in [0.3, 0.4) is 0 Å². The van der Waals surface area contributed by atoms with E-state index < -0.39 is 18.0 Å². The van der Waals surface area contributed by atoms with E-state index in [1.54, 1.807) is 0 Å². The molecular weight excluding hydrogens is 238 g/mol. The average molecular weight is 257 g/mol. The van der Waals surface area contributed by atoms with Crippen molar-refractivity contribution in [2.45, 2.75) is 12.5 Å². The Morgan fingerprint density at radius 3 is 2.78 bits per heavy atom. The van der Waals surface area contributed by atoms with E-state index in [1.165, 1.54) is 7.05 Å². The highest BCUT2D eigenvalue weighted by molar-refractivity contribution is 5.94. The standard InChI is InChI=1S/C10H19N5O3/c1-12-10(18)14-8(16)2-4-15-5-3-13-6-7(15)9(11)17/h7,13H,2-6H2,1H3,(H2,11,17)(H2,12,14,16,18). The second kappa shape index (κ2) is 6.92. The van der Waals surface area contributed by atoms with E-state index in [9.17, 15) is 14.4 Å². The van der Waals surface area contributed by atoms with Crippen molar-refractivity contribution < 1.29 is 14.4 Å². The van der Waals surface area contributed by atoms with Gasteiger partial charge in [0.1, 0.15) is 6.04 Å². The van der Waals surface area contributed by atoms with Gasteiger partial charge in [0.2, 0.25) is 11.8 Å². The molecule has 1 saturated heterocycles. The fraction of sp³-hybridized carbons (Fsp3) is 0.700. The first-order chi connectivity index (χ1) is 8.54. The molecule has 5 N–H and O–H groups in total. The van der Waals surface area contributed by atoms with Crippen molar-refractivity contribution in [3.8, 4) is 0 Å². The number of nitrogens with one attached hydrogen (secondary N) is 3. The van der Waals surface area contributed by atoms with E-state index in [0.717, 1.165) is 6.54 Å². The van der Waals surface area contributed by atoms with Gasteiger partial charge < -0.3 is 16.4 Å². The summed E-state index contributed by atoms with van der Waals surface area (Å²) in [5.74, 6) is -0.787. The summed E-state index contributed by atoms with van der Waals surface area (Å²) in [7, 11) is 1.43. The van der Waals surface area contributed by atoms with E-state index in [1.807, 2.05) is 4.90 Å². The Bertz CT molecular complexity index is 333. The Hall–Kier alpha value is -1.67. The van der Waals surface area contributed by atoms with Gasteiger partial charge in [0.15, 0.2) is 0 Å². The number of nitrogens with two attached hydrogens (primary N) is 1. The van der Waals surface area contributed by atoms with Crippen LogP contribution in [-0.4, -0.2) is 62.0 Å². The van der Waals surface area contributed by atoms with Gasteiger partial charge >= 0.3 is 6.03 Å². The minimum atomic E-state index is -0.535. The third kappa shape index (κ3) is 4.30. The number of primary amides is 1. The minimum absolute atomic E-state index is 0.150. The van der Waals surface area contributed by atoms with Gasteiger partial charge in [-0.3, -0.25) is 19.8 Å². The lowest BCUT2D eigenvalue weighted by atomic mass is 10.1. The van der Waals surface area contributed by atoms with Gasteiger partial charge in [0.05, 0.1) is 0 Å². The highest BCUT2D eigenvalue weighted by Gasteiger charge is 2.26. The van der Waals surface area contributed by atoms with Crippen molar-refractivity contribution in [1.29, 1.82) is 0 Å². The summed E-state index contributed by atoms with van der Waals surface area (Å²) >= 11 is 0. The van der Waals surface area contributed by atoms with Crippen LogP contribution in [0.5, 0.6) is 0 Å². The van der Waals surface area contributed by atoms with E-state index in [-0.39, 0.29) is 12.3 Å². The predicted octanol–water partition coefficient (Wildman–Crippen LogP) is -2.41. The molecular formula is C10H19N5O3. The van der Waals surface area contributed by atoms with Crippen LogP contribution in [0.15, 0.2) is 0 Å². The molecule has 0 radical (unpaired) electrons. The van der Waals surface area contributed by atoms with Crippen molar-refractivity contribution in [1.82, 2.24) is 20.9 Å². The number of nitrogens with zero attached hydrogens (tertiary/aromatic N) is 1. The van der Waals surface area contributed by atoms with Gasteiger partial charge in [0, 0.05) is 39.6 Å². The van der Waals surface area contributed by atoms with Crippen LogP contribution in [0.1, 0.15) is 6.42 Å². The minimum Gasteiger partial charge on any atom is -0.368 e. The van der Waals surface area contributed by atoms with Crippen LogP contribution in [0.25, 0.3) is 0 Å². The molecule has 0 aromatic rings. The van der Waals surface area contributed by atoms with Gasteiger partial charge in [-0.2, -0.15) is 0 Å². The van der Waals surface area contributed by atoms with Crippen molar-refractivity contribution in [2.24, 2.45) is 5.73 Å². The summed E-state index contributed by atoms with van der Waals surface area (Å²) in [6.07, 6.45) is 0.150. The van der Waals surface area contributed by atoms with E-state index in [2.05, 4.69) is 16.0 Å². The fourth-order valence-electron chi connectivity index (χ4n) is 1.79. The molecule has 0 saturated carbocycles. The van der Waals surface area contributed by atoms with Crippen LogP contribution in [-0.2, 0) is 9.59 Å². The zero-order valence-corrected chi connectivity index (χ0v) is 10.4. The van der Waals surface area contributed by atoms with Crippen molar-refractivity contribution in [2.75, 3.05) is 33.2 Å². The van der Waals surface area contributed by atoms with Crippen molar-refractivity contribution in [3.05, 3.63) is 0 Å². The molecule has 0 aromatic heterocycles. The Morgan fingerprint density at radius 1 is 1.44 bits per heavy atom. The van der Waals surface area contributed by atoms with Crippen LogP contribution in [0, 0.1) is 0 Å². The molecule has 8 nitrogen and oxygen atoms in total. The summed E-state index contributed by atoms with van der Waals surface area (Å²) in [5.41, 5.74) is 5.28. The van der Waals surface area contributed by atoms with Crippen molar-refractivity contribution in [3.63, 3.8) is 0 Å². The maximum absolute atomic E-state index is 11.4. The summed E-state index contributed by atoms with van der Waals surface area (Å²) in [6, 6.07) is -0.932. The molecule has 0 aliphatic carbocycles. The molecule has 0 aromatic carbocycles. The SMILES string of the molecule is CNC(=O)NC(=O)CCN1CCNCC1C(N)=O. The molecule has 1 rings (SSSR count). The molecule has 1 fully saturated rings. The first-order valence-corrected chi connectivity index (χ1v) is 5.80. The second-order valence-corrected chi connectivity index (χ2v) is 4.04. The van der Waals surface area contributed by atoms with Gasteiger partial charge in [0.25, 0.3) is 0 Å². The lowest BCUT2D eigenvalue weighted by Crippen LogP contribution is -2.57. The van der Waals surface area contributed by atoms with E-state index in [4.69, 9.17) is 5.73 Å². The number of urea groups is 1. The van der Waals surface area contributed by atoms with Gasteiger partial charge in [-0.1, -0.05) is 0 Å². The first-order valence-electron chi connectivity index (χ1n) is 5.80. The maximum atomic E-state index is 11.4. The number of rotatable bonds is 4. The van der Waals surface area contributed by atoms with E-state index in [0.29, 0.717) is 19.6 Å². The topological polar surface area (TPSA) is 117 Å². The quantitative estimate of drug-likeness (QED) is 0.447. The highest BCUT2D eigenvalue weighted by atomic mass is 16.2. The lowest BCUT2D eigenvalue weighted by Gasteiger charge is -2.33. The molecule has 8 heteroatoms. The first kappa shape index (κ1) is 14.4. The molecule has 1 aliphatic heterocycles. The smallest absolute Gasteiger partial charge is 0.321 e. The number of imide groups is 1. The number of piperazine rings is 1. The zero-order valence-electron chi connectivity index (χ0n) is 10.4. The number of hydrogen-bond donors (Lipinski definition) is 4. The van der Waals surface area contributed by atoms with Crippen LogP contribution < -0.4 is 21.7 Å². The fourth-order valence-corrected chi connectivity index (χ4v) is 1.79. The normalized spacial score (nSPS) is 20.2. The predicted molar refractivity (Wildman–Crippen MR) is 64.6 cm³/mol. The Balaban J connectivity index is 2.38. The summed E-state index contributed by atoms with van der Waals surface area (Å²) in [6.45, 7) is 2.30. The molecule has 1 heterocycles. The number of carbonyl (C=O) groups is 3. The number of carbonyl (C=O) groups excluding carboxylic acids is 3. The van der Waals surface area contributed by atoms with Crippen LogP contribution >= 0.6 is 0 Å². The molecule has 1 unspecified atom stereocenters. The summed E-state index contributed by atoms with van der Waals surface area (Å²) in [5, 5.41) is 7.53. The molecule has 0 bridgehead atoms. The van der Waals surface area contributed by atoms with E-state index >= 15 is 0 Å². The largest absolute Gasteiger partial charge is 0.368 e. The lowest BCUT2D eigenvalue weighted by molar-refractivity contribution is -0.125. The van der Waals surface area contributed by atoms with Gasteiger partial charge in [-0.15, -0.1) is 0 Å². The third-order valence-corrected chi connectivity index (χ3v) is 2.79. The summed E-state index contributed by atoms with van der Waals surface area (Å²) < 4.78 is 0. The highest BCUT2D eigenvalue weighted by Crippen LogP contribution is 2.03. The van der Waals surface area contributed by atoms with Gasteiger partial charge in [-0.25, -0.2) is 4.79 Å². The monoisotopic (exact) mass is 257 g/mol. The maximum Gasteiger partial charge on any atom is 0.321 e. The zero-order chi connectivity index (χ0) is 13.5. The molecule has 102 valence electrons. The molecule has 18 heavy (non-hydrogen) atoms. The summed E-state index contributed by atoms with van der Waals surface area (Å²) in [4.78, 5) is 35.4. The molecule has 0 spiro atoms. The number of hydrogen-bond acceptors (Lipinski definition) is 5. The van der Waals surface area contributed by atoms with Crippen LogP contribution in [0.4, 0.5) is 4.79 Å². The Kier molecular flexibility index (Phi) is 5.53. The molecule has 1 aliphatic rings. The van der Waals surface area contributed by atoms with Crippen molar-refractivity contribution >= 4 is 17.8 Å². The Morgan fingerprint density at radius 2 is 2.17 bits per heavy atom. The molecule has 1 atom stereocenters. The third-order valence-electron chi connectivity index (χ3n) is 2.79. The average Bonchev–Trinajstić information content (AvgIpc) is 2.36. The molecule has 4 amide bonds. The van der Waals surface area contributed by atoms with Crippen LogP contribution in [0.2, 0.25) is 0 Å². The van der Waals surface area contributed by atoms with Gasteiger partial charge in [-0.05, 0) is 0 Å². The second-order valence-electron chi connectivity index (χ2n) is 4.04. The Labute approximate surface area is 105 Å². The number of amides is 4.